The second-order valence-electron chi connectivity index (χ2n) is 6.63. The number of rotatable bonds is 5. The highest BCUT2D eigenvalue weighted by Gasteiger charge is 2.28. The van der Waals surface area contributed by atoms with Crippen molar-refractivity contribution in [3.05, 3.63) is 35.9 Å². The molecule has 7 heteroatoms. The molecule has 1 aromatic carbocycles. The number of halogens is 1. The van der Waals surface area contributed by atoms with Crippen molar-refractivity contribution in [2.75, 3.05) is 45.8 Å². The summed E-state index contributed by atoms with van der Waals surface area (Å²) in [6.45, 7) is 6.33. The van der Waals surface area contributed by atoms with E-state index in [1.807, 2.05) is 30.3 Å². The van der Waals surface area contributed by atoms with Crippen LogP contribution in [0.25, 0.3) is 0 Å². The SMILES string of the molecule is Cl.O=S(=O)(Cc1ccccc1)N1CCN(CC2CCNCC2)CC1. The standard InChI is InChI=1S/C17H27N3O2S.ClH/c21-23(22,15-17-4-2-1-3-5-17)20-12-10-19(11-13-20)14-16-6-8-18-9-7-16;/h1-5,16,18H,6-15H2;1H. The number of hydrogen-bond acceptors (Lipinski definition) is 4. The summed E-state index contributed by atoms with van der Waals surface area (Å²) in [5.41, 5.74) is 0.865. The van der Waals surface area contributed by atoms with E-state index in [0.29, 0.717) is 13.1 Å². The van der Waals surface area contributed by atoms with E-state index in [9.17, 15) is 8.42 Å². The van der Waals surface area contributed by atoms with Crippen LogP contribution in [-0.4, -0.2) is 63.4 Å². The normalized spacial score (nSPS) is 21.3. The summed E-state index contributed by atoms with van der Waals surface area (Å²) in [5.74, 6) is 0.881. The second-order valence-corrected chi connectivity index (χ2v) is 8.60. The van der Waals surface area contributed by atoms with Gasteiger partial charge in [-0.2, -0.15) is 4.31 Å². The van der Waals surface area contributed by atoms with Gasteiger partial charge < -0.3 is 10.2 Å². The molecule has 2 aliphatic rings. The summed E-state index contributed by atoms with van der Waals surface area (Å²) in [6.07, 6.45) is 2.49. The first-order chi connectivity index (χ1) is 11.1. The third-order valence-electron chi connectivity index (χ3n) is 4.89. The van der Waals surface area contributed by atoms with Crippen molar-refractivity contribution in [3.8, 4) is 0 Å². The quantitative estimate of drug-likeness (QED) is 0.851. The Morgan fingerprint density at radius 1 is 1.00 bits per heavy atom. The minimum absolute atomic E-state index is 0. The highest BCUT2D eigenvalue weighted by molar-refractivity contribution is 7.88. The van der Waals surface area contributed by atoms with Gasteiger partial charge in [-0.3, -0.25) is 0 Å². The highest BCUT2D eigenvalue weighted by atomic mass is 35.5. The number of piperidine rings is 1. The molecule has 0 saturated carbocycles. The average molecular weight is 374 g/mol. The minimum atomic E-state index is -3.20. The fraction of sp³-hybridized carbons (Fsp3) is 0.647. The Kier molecular flexibility index (Phi) is 7.50. The van der Waals surface area contributed by atoms with Crippen LogP contribution in [-0.2, 0) is 15.8 Å². The molecule has 3 rings (SSSR count). The van der Waals surface area contributed by atoms with Gasteiger partial charge in [-0.25, -0.2) is 8.42 Å². The van der Waals surface area contributed by atoms with Crippen LogP contribution in [0.3, 0.4) is 0 Å². The van der Waals surface area contributed by atoms with Crippen LogP contribution in [0.4, 0.5) is 0 Å². The largest absolute Gasteiger partial charge is 0.317 e. The van der Waals surface area contributed by atoms with Gasteiger partial charge in [-0.1, -0.05) is 30.3 Å². The van der Waals surface area contributed by atoms with Crippen LogP contribution in [0.5, 0.6) is 0 Å². The first-order valence-corrected chi connectivity index (χ1v) is 10.2. The molecule has 2 saturated heterocycles. The molecule has 0 aliphatic carbocycles. The van der Waals surface area contributed by atoms with Gasteiger partial charge in [0.05, 0.1) is 5.75 Å². The molecule has 2 aliphatic heterocycles. The van der Waals surface area contributed by atoms with Gasteiger partial charge in [-0.05, 0) is 37.4 Å². The van der Waals surface area contributed by atoms with E-state index in [0.717, 1.165) is 44.2 Å². The van der Waals surface area contributed by atoms with Crippen LogP contribution in [0, 0.1) is 5.92 Å². The lowest BCUT2D eigenvalue weighted by Gasteiger charge is -2.36. The Morgan fingerprint density at radius 2 is 1.62 bits per heavy atom. The second kappa shape index (κ2) is 9.15. The van der Waals surface area contributed by atoms with Crippen molar-refractivity contribution in [3.63, 3.8) is 0 Å². The van der Waals surface area contributed by atoms with Crippen molar-refractivity contribution >= 4 is 22.4 Å². The molecule has 136 valence electrons. The lowest BCUT2D eigenvalue weighted by atomic mass is 9.97. The molecule has 0 amide bonds. The van der Waals surface area contributed by atoms with Gasteiger partial charge in [0, 0.05) is 32.7 Å². The zero-order valence-corrected chi connectivity index (χ0v) is 15.7. The van der Waals surface area contributed by atoms with Crippen molar-refractivity contribution in [2.45, 2.75) is 18.6 Å². The zero-order chi connectivity index (χ0) is 16.1. The smallest absolute Gasteiger partial charge is 0.218 e. The molecule has 0 bridgehead atoms. The average Bonchev–Trinajstić information content (AvgIpc) is 2.57. The molecule has 1 aromatic rings. The maximum absolute atomic E-state index is 12.6. The van der Waals surface area contributed by atoms with Gasteiger partial charge in [0.1, 0.15) is 0 Å². The number of nitrogens with one attached hydrogen (secondary N) is 1. The Labute approximate surface area is 151 Å². The zero-order valence-electron chi connectivity index (χ0n) is 14.1. The molecule has 0 atom stereocenters. The summed E-state index contributed by atoms with van der Waals surface area (Å²) < 4.78 is 26.8. The fourth-order valence-corrected chi connectivity index (χ4v) is 5.01. The van der Waals surface area contributed by atoms with Crippen LogP contribution in [0.15, 0.2) is 30.3 Å². The van der Waals surface area contributed by atoms with Gasteiger partial charge >= 0.3 is 0 Å². The topological polar surface area (TPSA) is 52.7 Å². The van der Waals surface area contributed by atoms with E-state index in [4.69, 9.17) is 0 Å². The summed E-state index contributed by atoms with van der Waals surface area (Å²) >= 11 is 0. The van der Waals surface area contributed by atoms with E-state index in [1.54, 1.807) is 4.31 Å². The Bertz CT molecular complexity index is 583. The lowest BCUT2D eigenvalue weighted by molar-refractivity contribution is 0.152. The molecule has 0 spiro atoms. The number of benzene rings is 1. The Hall–Kier alpha value is -0.660. The number of piperazine rings is 1. The van der Waals surface area contributed by atoms with Gasteiger partial charge in [0.2, 0.25) is 10.0 Å². The lowest BCUT2D eigenvalue weighted by Crippen LogP contribution is -2.50. The monoisotopic (exact) mass is 373 g/mol. The maximum Gasteiger partial charge on any atom is 0.218 e. The van der Waals surface area contributed by atoms with Crippen molar-refractivity contribution in [2.24, 2.45) is 5.92 Å². The summed E-state index contributed by atoms with van der Waals surface area (Å²) in [6, 6.07) is 9.45. The molecule has 1 N–H and O–H groups in total. The molecule has 2 fully saturated rings. The first kappa shape index (κ1) is 19.7. The first-order valence-electron chi connectivity index (χ1n) is 8.58. The van der Waals surface area contributed by atoms with E-state index in [-0.39, 0.29) is 18.2 Å². The number of sulfonamides is 1. The summed E-state index contributed by atoms with van der Waals surface area (Å²) in [4.78, 5) is 2.44. The van der Waals surface area contributed by atoms with Gasteiger partial charge in [-0.15, -0.1) is 12.4 Å². The molecule has 2 heterocycles. The molecule has 0 aromatic heterocycles. The predicted molar refractivity (Wildman–Crippen MR) is 99.9 cm³/mol. The van der Waals surface area contributed by atoms with Crippen molar-refractivity contribution in [1.82, 2.24) is 14.5 Å². The molecule has 0 unspecified atom stereocenters. The fourth-order valence-electron chi connectivity index (χ4n) is 3.50. The van der Waals surface area contributed by atoms with Crippen LogP contribution >= 0.6 is 12.4 Å². The molecule has 0 radical (unpaired) electrons. The van der Waals surface area contributed by atoms with Crippen LogP contribution in [0.2, 0.25) is 0 Å². The third kappa shape index (κ3) is 5.43. The van der Waals surface area contributed by atoms with E-state index in [2.05, 4.69) is 10.2 Å². The van der Waals surface area contributed by atoms with Crippen molar-refractivity contribution in [1.29, 1.82) is 0 Å². The van der Waals surface area contributed by atoms with Crippen LogP contribution < -0.4 is 5.32 Å². The van der Waals surface area contributed by atoms with Crippen LogP contribution in [0.1, 0.15) is 18.4 Å². The van der Waals surface area contributed by atoms with E-state index in [1.165, 1.54) is 12.8 Å². The molecule has 5 nitrogen and oxygen atoms in total. The highest BCUT2D eigenvalue weighted by Crippen LogP contribution is 2.17. The van der Waals surface area contributed by atoms with E-state index >= 15 is 0 Å². The molecular formula is C17H28ClN3O2S. The van der Waals surface area contributed by atoms with Crippen molar-refractivity contribution < 1.29 is 8.42 Å². The van der Waals surface area contributed by atoms with Gasteiger partial charge in [0.25, 0.3) is 0 Å². The van der Waals surface area contributed by atoms with Gasteiger partial charge in [0.15, 0.2) is 0 Å². The molecular weight excluding hydrogens is 346 g/mol. The Balaban J connectivity index is 0.00000208. The maximum atomic E-state index is 12.6. The minimum Gasteiger partial charge on any atom is -0.317 e. The summed E-state index contributed by atoms with van der Waals surface area (Å²) in [5, 5.41) is 3.40. The number of nitrogens with zero attached hydrogens (tertiary/aromatic N) is 2. The molecule has 24 heavy (non-hydrogen) atoms. The third-order valence-corrected chi connectivity index (χ3v) is 6.74. The number of hydrogen-bond donors (Lipinski definition) is 1. The Morgan fingerprint density at radius 3 is 2.25 bits per heavy atom. The predicted octanol–water partition coefficient (Wildman–Crippen LogP) is 1.56. The van der Waals surface area contributed by atoms with E-state index < -0.39 is 10.0 Å². The summed E-state index contributed by atoms with van der Waals surface area (Å²) in [7, 11) is -3.20.